The molecule has 1 aromatic carbocycles. The van der Waals surface area contributed by atoms with Crippen LogP contribution in [0, 0.1) is 0 Å². The number of halogens is 1. The molecule has 0 amide bonds. The molecule has 0 saturated carbocycles. The van der Waals surface area contributed by atoms with E-state index in [1.807, 2.05) is 36.0 Å². The molecule has 0 aliphatic carbocycles. The summed E-state index contributed by atoms with van der Waals surface area (Å²) in [6, 6.07) is 11.7. The minimum absolute atomic E-state index is 0.0366. The van der Waals surface area contributed by atoms with Gasteiger partial charge in [0.1, 0.15) is 12.3 Å². The molecule has 0 bridgehead atoms. The molecule has 1 aromatic heterocycles. The molecule has 2 aromatic rings. The van der Waals surface area contributed by atoms with Crippen LogP contribution in [0.25, 0.3) is 0 Å². The highest BCUT2D eigenvalue weighted by atomic mass is 35.5. The summed E-state index contributed by atoms with van der Waals surface area (Å²) < 4.78 is 4.91. The predicted molar refractivity (Wildman–Crippen MR) is 108 cm³/mol. The van der Waals surface area contributed by atoms with Crippen LogP contribution in [0.4, 0.5) is 0 Å². The van der Waals surface area contributed by atoms with E-state index >= 15 is 0 Å². The number of nitrogens with one attached hydrogen (secondary N) is 1. The van der Waals surface area contributed by atoms with Gasteiger partial charge in [0.25, 0.3) is 0 Å². The van der Waals surface area contributed by atoms with Crippen LogP contribution in [0.5, 0.6) is 0 Å². The first-order valence-electron chi connectivity index (χ1n) is 8.03. The van der Waals surface area contributed by atoms with Gasteiger partial charge in [-0.1, -0.05) is 30.7 Å². The van der Waals surface area contributed by atoms with Gasteiger partial charge in [-0.25, -0.2) is 0 Å². The standard InChI is InChI=1S/C18H21ClN2O2S2/c1-3-23-17(22)11-20-21-18(13-5-7-14(19)8-6-13)16-10-9-15(25-16)12-24-4-2/h5-10,20H,3-4,11-12H2,1-2H3. The molecule has 4 nitrogen and oxygen atoms in total. The molecule has 0 saturated heterocycles. The van der Waals surface area contributed by atoms with Crippen LogP contribution in [0.1, 0.15) is 29.2 Å². The normalized spacial score (nSPS) is 11.4. The molecule has 7 heteroatoms. The Hall–Kier alpha value is -1.50. The van der Waals surface area contributed by atoms with Gasteiger partial charge in [0.15, 0.2) is 0 Å². The largest absolute Gasteiger partial charge is 0.465 e. The summed E-state index contributed by atoms with van der Waals surface area (Å²) in [6.07, 6.45) is 0. The van der Waals surface area contributed by atoms with Gasteiger partial charge in [-0.3, -0.25) is 10.2 Å². The lowest BCUT2D eigenvalue weighted by molar-refractivity contribution is -0.141. The zero-order chi connectivity index (χ0) is 18.1. The molecule has 0 atom stereocenters. The third-order valence-corrected chi connectivity index (χ3v) is 5.63. The fourth-order valence-electron chi connectivity index (χ4n) is 2.05. The number of thiophene rings is 1. The summed E-state index contributed by atoms with van der Waals surface area (Å²) in [7, 11) is 0. The number of esters is 1. The van der Waals surface area contributed by atoms with Gasteiger partial charge in [0.2, 0.25) is 0 Å². The quantitative estimate of drug-likeness (QED) is 0.383. The number of ether oxygens (including phenoxy) is 1. The molecular weight excluding hydrogens is 376 g/mol. The molecule has 0 aliphatic rings. The van der Waals surface area contributed by atoms with Crippen molar-refractivity contribution < 1.29 is 9.53 Å². The van der Waals surface area contributed by atoms with Crippen molar-refractivity contribution in [2.45, 2.75) is 19.6 Å². The van der Waals surface area contributed by atoms with Crippen LogP contribution in [-0.4, -0.2) is 30.6 Å². The van der Waals surface area contributed by atoms with Crippen LogP contribution >= 0.6 is 34.7 Å². The van der Waals surface area contributed by atoms with Crippen molar-refractivity contribution in [1.82, 2.24) is 5.43 Å². The number of carbonyl (C=O) groups is 1. The van der Waals surface area contributed by atoms with Crippen molar-refractivity contribution in [2.24, 2.45) is 5.10 Å². The Kier molecular flexibility index (Phi) is 8.31. The van der Waals surface area contributed by atoms with E-state index in [4.69, 9.17) is 16.3 Å². The summed E-state index contributed by atoms with van der Waals surface area (Å²) in [6.45, 7) is 4.33. The molecule has 0 fully saturated rings. The van der Waals surface area contributed by atoms with Crippen molar-refractivity contribution in [2.75, 3.05) is 18.9 Å². The molecule has 25 heavy (non-hydrogen) atoms. The molecular formula is C18H21ClN2O2S2. The van der Waals surface area contributed by atoms with Crippen LogP contribution < -0.4 is 5.43 Å². The molecule has 2 rings (SSSR count). The van der Waals surface area contributed by atoms with Crippen molar-refractivity contribution in [3.05, 3.63) is 56.7 Å². The smallest absolute Gasteiger partial charge is 0.327 e. The van der Waals surface area contributed by atoms with Gasteiger partial charge in [0.05, 0.1) is 11.5 Å². The number of hydrogen-bond acceptors (Lipinski definition) is 6. The van der Waals surface area contributed by atoms with Crippen molar-refractivity contribution in [3.8, 4) is 0 Å². The Morgan fingerprint density at radius 1 is 1.24 bits per heavy atom. The van der Waals surface area contributed by atoms with Crippen LogP contribution in [0.3, 0.4) is 0 Å². The monoisotopic (exact) mass is 396 g/mol. The maximum atomic E-state index is 11.5. The highest BCUT2D eigenvalue weighted by molar-refractivity contribution is 7.98. The van der Waals surface area contributed by atoms with E-state index in [2.05, 4.69) is 29.6 Å². The van der Waals surface area contributed by atoms with E-state index < -0.39 is 0 Å². The Labute approximate surface area is 161 Å². The van der Waals surface area contributed by atoms with E-state index in [1.165, 1.54) is 4.88 Å². The third kappa shape index (κ3) is 6.38. The summed E-state index contributed by atoms with van der Waals surface area (Å²) in [4.78, 5) is 13.8. The number of benzene rings is 1. The van der Waals surface area contributed by atoms with Gasteiger partial charge in [0, 0.05) is 21.2 Å². The summed E-state index contributed by atoms with van der Waals surface area (Å²) in [5.74, 6) is 1.76. The number of thioether (sulfide) groups is 1. The van der Waals surface area contributed by atoms with E-state index in [-0.39, 0.29) is 12.5 Å². The van der Waals surface area contributed by atoms with E-state index in [0.717, 1.165) is 27.7 Å². The highest BCUT2D eigenvalue weighted by Crippen LogP contribution is 2.24. The second-order valence-corrected chi connectivity index (χ2v) is 7.89. The zero-order valence-electron chi connectivity index (χ0n) is 14.3. The number of hydrazone groups is 1. The molecule has 0 radical (unpaired) electrons. The summed E-state index contributed by atoms with van der Waals surface area (Å²) >= 11 is 9.58. The average molecular weight is 397 g/mol. The molecule has 1 heterocycles. The van der Waals surface area contributed by atoms with E-state index in [1.54, 1.807) is 18.3 Å². The maximum absolute atomic E-state index is 11.5. The third-order valence-electron chi connectivity index (χ3n) is 3.18. The second kappa shape index (κ2) is 10.5. The number of rotatable bonds is 9. The van der Waals surface area contributed by atoms with Crippen molar-refractivity contribution >= 4 is 46.4 Å². The fourth-order valence-corrected chi connectivity index (χ4v) is 3.98. The number of carbonyl (C=O) groups excluding carboxylic acids is 1. The SMILES string of the molecule is CCOC(=O)CNN=C(c1ccc(Cl)cc1)c1ccc(CSCC)s1. The second-order valence-electron chi connectivity index (χ2n) is 5.01. The molecule has 0 unspecified atom stereocenters. The lowest BCUT2D eigenvalue weighted by Crippen LogP contribution is -2.22. The predicted octanol–water partition coefficient (Wildman–Crippen LogP) is 4.56. The van der Waals surface area contributed by atoms with E-state index in [9.17, 15) is 4.79 Å². The van der Waals surface area contributed by atoms with Gasteiger partial charge < -0.3 is 4.74 Å². The average Bonchev–Trinajstić information content (AvgIpc) is 3.07. The Morgan fingerprint density at radius 3 is 2.68 bits per heavy atom. The van der Waals surface area contributed by atoms with Crippen molar-refractivity contribution in [3.63, 3.8) is 0 Å². The first-order chi connectivity index (χ1) is 12.1. The van der Waals surface area contributed by atoms with Gasteiger partial charge in [-0.15, -0.1) is 11.3 Å². The summed E-state index contributed by atoms with van der Waals surface area (Å²) in [5, 5.41) is 5.11. The fraction of sp³-hybridized carbons (Fsp3) is 0.333. The number of hydrogen-bond donors (Lipinski definition) is 1. The van der Waals surface area contributed by atoms with Crippen molar-refractivity contribution in [1.29, 1.82) is 0 Å². The Balaban J connectivity index is 2.21. The first kappa shape index (κ1) is 19.8. The first-order valence-corrected chi connectivity index (χ1v) is 10.4. The van der Waals surface area contributed by atoms with Crippen LogP contribution in [0.2, 0.25) is 5.02 Å². The highest BCUT2D eigenvalue weighted by Gasteiger charge is 2.11. The Morgan fingerprint density at radius 2 is 2.00 bits per heavy atom. The van der Waals surface area contributed by atoms with Gasteiger partial charge in [-0.05, 0) is 36.9 Å². The minimum Gasteiger partial charge on any atom is -0.465 e. The Bertz CT molecular complexity index is 714. The zero-order valence-corrected chi connectivity index (χ0v) is 16.6. The molecule has 1 N–H and O–H groups in total. The van der Waals surface area contributed by atoms with Gasteiger partial charge >= 0.3 is 5.97 Å². The van der Waals surface area contributed by atoms with Crippen LogP contribution in [0.15, 0.2) is 41.5 Å². The lowest BCUT2D eigenvalue weighted by atomic mass is 10.1. The minimum atomic E-state index is -0.326. The molecule has 0 spiro atoms. The van der Waals surface area contributed by atoms with Gasteiger partial charge in [-0.2, -0.15) is 16.9 Å². The number of nitrogens with zero attached hydrogens (tertiary/aromatic N) is 1. The molecule has 134 valence electrons. The lowest BCUT2D eigenvalue weighted by Gasteiger charge is -2.07. The van der Waals surface area contributed by atoms with Crippen LogP contribution in [-0.2, 0) is 15.3 Å². The summed E-state index contributed by atoms with van der Waals surface area (Å²) in [5.41, 5.74) is 4.55. The van der Waals surface area contributed by atoms with E-state index in [0.29, 0.717) is 11.6 Å². The maximum Gasteiger partial charge on any atom is 0.327 e. The molecule has 0 aliphatic heterocycles. The topological polar surface area (TPSA) is 50.7 Å².